The lowest BCUT2D eigenvalue weighted by Crippen LogP contribution is -2.03. The summed E-state index contributed by atoms with van der Waals surface area (Å²) in [6.07, 6.45) is 3.06. The van der Waals surface area contributed by atoms with E-state index in [9.17, 15) is 4.39 Å². The standard InChI is InChI=1S/C10H13FN2/c1-4-6-8-10(11)7(3)12-9(5-2)13-8/h5H,2,4,6H2,1,3H3. The van der Waals surface area contributed by atoms with Gasteiger partial charge in [-0.1, -0.05) is 19.9 Å². The molecular weight excluding hydrogens is 167 g/mol. The molecule has 0 spiro atoms. The first-order chi connectivity index (χ1) is 6.19. The van der Waals surface area contributed by atoms with E-state index >= 15 is 0 Å². The smallest absolute Gasteiger partial charge is 0.165 e. The predicted octanol–water partition coefficient (Wildman–Crippen LogP) is 2.52. The molecule has 0 unspecified atom stereocenters. The topological polar surface area (TPSA) is 25.8 Å². The molecule has 1 aromatic rings. The molecular formula is C10H13FN2. The molecule has 70 valence electrons. The van der Waals surface area contributed by atoms with E-state index < -0.39 is 0 Å². The lowest BCUT2D eigenvalue weighted by molar-refractivity contribution is 0.575. The summed E-state index contributed by atoms with van der Waals surface area (Å²) < 4.78 is 13.3. The van der Waals surface area contributed by atoms with Crippen molar-refractivity contribution in [3.05, 3.63) is 29.6 Å². The molecule has 0 amide bonds. The molecule has 2 nitrogen and oxygen atoms in total. The van der Waals surface area contributed by atoms with E-state index in [0.29, 0.717) is 23.6 Å². The first-order valence-electron chi connectivity index (χ1n) is 4.34. The Balaban J connectivity index is 3.16. The summed E-state index contributed by atoms with van der Waals surface area (Å²) in [6.45, 7) is 7.19. The average molecular weight is 180 g/mol. The first kappa shape index (κ1) is 9.84. The summed E-state index contributed by atoms with van der Waals surface area (Å²) in [5, 5.41) is 0. The number of aromatic nitrogens is 2. The van der Waals surface area contributed by atoms with Crippen LogP contribution in [0.15, 0.2) is 6.58 Å². The maximum absolute atomic E-state index is 13.3. The molecule has 1 heterocycles. The number of hydrogen-bond acceptors (Lipinski definition) is 2. The van der Waals surface area contributed by atoms with Gasteiger partial charge in [0.15, 0.2) is 11.6 Å². The van der Waals surface area contributed by atoms with Crippen LogP contribution in [-0.4, -0.2) is 9.97 Å². The highest BCUT2D eigenvalue weighted by molar-refractivity contribution is 5.37. The maximum atomic E-state index is 13.3. The lowest BCUT2D eigenvalue weighted by Gasteiger charge is -2.03. The van der Waals surface area contributed by atoms with Crippen molar-refractivity contribution in [2.75, 3.05) is 0 Å². The van der Waals surface area contributed by atoms with Crippen LogP contribution in [0.2, 0.25) is 0 Å². The van der Waals surface area contributed by atoms with Gasteiger partial charge < -0.3 is 0 Å². The number of rotatable bonds is 3. The molecule has 0 aliphatic rings. The van der Waals surface area contributed by atoms with Crippen molar-refractivity contribution in [2.24, 2.45) is 0 Å². The average Bonchev–Trinajstić information content (AvgIpc) is 2.13. The van der Waals surface area contributed by atoms with E-state index in [2.05, 4.69) is 16.5 Å². The van der Waals surface area contributed by atoms with Crippen molar-refractivity contribution >= 4 is 6.08 Å². The third-order valence-corrected chi connectivity index (χ3v) is 1.77. The largest absolute Gasteiger partial charge is 0.231 e. The van der Waals surface area contributed by atoms with Crippen molar-refractivity contribution in [3.8, 4) is 0 Å². The molecule has 0 saturated carbocycles. The van der Waals surface area contributed by atoms with Gasteiger partial charge in [0.25, 0.3) is 0 Å². The van der Waals surface area contributed by atoms with Gasteiger partial charge >= 0.3 is 0 Å². The van der Waals surface area contributed by atoms with Crippen LogP contribution in [0.5, 0.6) is 0 Å². The predicted molar refractivity (Wildman–Crippen MR) is 50.8 cm³/mol. The Morgan fingerprint density at radius 3 is 2.69 bits per heavy atom. The fourth-order valence-electron chi connectivity index (χ4n) is 1.14. The Bertz CT molecular complexity index is 321. The second-order valence-corrected chi connectivity index (χ2v) is 2.88. The molecule has 0 aromatic carbocycles. The number of hydrogen-bond donors (Lipinski definition) is 0. The van der Waals surface area contributed by atoms with Gasteiger partial charge in [-0.3, -0.25) is 0 Å². The summed E-state index contributed by atoms with van der Waals surface area (Å²) in [5.41, 5.74) is 0.887. The van der Waals surface area contributed by atoms with Crippen LogP contribution in [0, 0.1) is 12.7 Å². The van der Waals surface area contributed by atoms with Crippen molar-refractivity contribution in [3.63, 3.8) is 0 Å². The molecule has 0 N–H and O–H groups in total. The van der Waals surface area contributed by atoms with Gasteiger partial charge in [0, 0.05) is 0 Å². The maximum Gasteiger partial charge on any atom is 0.165 e. The van der Waals surface area contributed by atoms with E-state index in [4.69, 9.17) is 0 Å². The molecule has 1 aromatic heterocycles. The van der Waals surface area contributed by atoms with Gasteiger partial charge in [0.05, 0.1) is 11.4 Å². The van der Waals surface area contributed by atoms with Gasteiger partial charge in [-0.2, -0.15) is 0 Å². The third kappa shape index (κ3) is 2.11. The number of aryl methyl sites for hydroxylation is 2. The van der Waals surface area contributed by atoms with Crippen LogP contribution in [0.3, 0.4) is 0 Å². The Kier molecular flexibility index (Phi) is 3.12. The molecule has 13 heavy (non-hydrogen) atoms. The molecule has 0 bridgehead atoms. The molecule has 0 radical (unpaired) electrons. The second kappa shape index (κ2) is 4.12. The van der Waals surface area contributed by atoms with Crippen LogP contribution in [0.25, 0.3) is 6.08 Å². The fraction of sp³-hybridized carbons (Fsp3) is 0.400. The van der Waals surface area contributed by atoms with Crippen molar-refractivity contribution < 1.29 is 4.39 Å². The zero-order valence-corrected chi connectivity index (χ0v) is 7.97. The molecule has 0 atom stereocenters. The van der Waals surface area contributed by atoms with Gasteiger partial charge in [-0.15, -0.1) is 0 Å². The van der Waals surface area contributed by atoms with Crippen LogP contribution >= 0.6 is 0 Å². The zero-order valence-electron chi connectivity index (χ0n) is 7.97. The Hall–Kier alpha value is -1.25. The van der Waals surface area contributed by atoms with Gasteiger partial charge in [0.2, 0.25) is 0 Å². The monoisotopic (exact) mass is 180 g/mol. The summed E-state index contributed by atoms with van der Waals surface area (Å²) in [6, 6.07) is 0. The lowest BCUT2D eigenvalue weighted by atomic mass is 10.2. The molecule has 0 aliphatic carbocycles. The quantitative estimate of drug-likeness (QED) is 0.714. The summed E-state index contributed by atoms with van der Waals surface area (Å²) in [7, 11) is 0. The molecule has 1 rings (SSSR count). The van der Waals surface area contributed by atoms with Crippen molar-refractivity contribution in [1.82, 2.24) is 9.97 Å². The Morgan fingerprint density at radius 2 is 2.15 bits per heavy atom. The zero-order chi connectivity index (χ0) is 9.84. The SMILES string of the molecule is C=Cc1nc(C)c(F)c(CCC)n1. The molecule has 0 aliphatic heterocycles. The van der Waals surface area contributed by atoms with Crippen LogP contribution in [0.1, 0.15) is 30.6 Å². The minimum atomic E-state index is -0.285. The van der Waals surface area contributed by atoms with E-state index in [1.54, 1.807) is 6.92 Å². The highest BCUT2D eigenvalue weighted by Gasteiger charge is 2.08. The van der Waals surface area contributed by atoms with E-state index in [0.717, 1.165) is 6.42 Å². The second-order valence-electron chi connectivity index (χ2n) is 2.88. The summed E-state index contributed by atoms with van der Waals surface area (Å²) >= 11 is 0. The first-order valence-corrected chi connectivity index (χ1v) is 4.34. The van der Waals surface area contributed by atoms with E-state index in [1.807, 2.05) is 6.92 Å². The molecule has 3 heteroatoms. The third-order valence-electron chi connectivity index (χ3n) is 1.77. The van der Waals surface area contributed by atoms with Crippen LogP contribution < -0.4 is 0 Å². The normalized spacial score (nSPS) is 10.1. The Morgan fingerprint density at radius 1 is 1.46 bits per heavy atom. The van der Waals surface area contributed by atoms with Gasteiger partial charge in [-0.25, -0.2) is 14.4 Å². The van der Waals surface area contributed by atoms with E-state index in [1.165, 1.54) is 6.08 Å². The fourth-order valence-corrected chi connectivity index (χ4v) is 1.14. The van der Waals surface area contributed by atoms with Crippen LogP contribution in [0.4, 0.5) is 4.39 Å². The van der Waals surface area contributed by atoms with Crippen LogP contribution in [-0.2, 0) is 6.42 Å². The summed E-state index contributed by atoms with van der Waals surface area (Å²) in [4.78, 5) is 7.97. The highest BCUT2D eigenvalue weighted by atomic mass is 19.1. The van der Waals surface area contributed by atoms with Crippen molar-refractivity contribution in [1.29, 1.82) is 0 Å². The van der Waals surface area contributed by atoms with Gasteiger partial charge in [0.1, 0.15) is 0 Å². The van der Waals surface area contributed by atoms with Gasteiger partial charge in [-0.05, 0) is 19.4 Å². The highest BCUT2D eigenvalue weighted by Crippen LogP contribution is 2.10. The van der Waals surface area contributed by atoms with Crippen molar-refractivity contribution in [2.45, 2.75) is 26.7 Å². The molecule has 0 fully saturated rings. The number of halogens is 1. The van der Waals surface area contributed by atoms with E-state index in [-0.39, 0.29) is 5.82 Å². The minimum absolute atomic E-state index is 0.285. The number of nitrogens with zero attached hydrogens (tertiary/aromatic N) is 2. The molecule has 0 saturated heterocycles. The minimum Gasteiger partial charge on any atom is -0.231 e. The summed E-state index contributed by atoms with van der Waals surface area (Å²) in [5.74, 6) is 0.217. The Labute approximate surface area is 77.5 Å².